The Kier molecular flexibility index (Phi) is 7.36. The molecule has 0 aliphatic heterocycles. The largest absolute Gasteiger partial charge is 0.303 e. The Morgan fingerprint density at radius 1 is 1.12 bits per heavy atom. The Labute approximate surface area is 118 Å². The summed E-state index contributed by atoms with van der Waals surface area (Å²) in [4.78, 5) is 2.43. The maximum Gasteiger partial charge on any atom is 0.0595 e. The van der Waals surface area contributed by atoms with Crippen molar-refractivity contribution in [1.29, 1.82) is 0 Å². The van der Waals surface area contributed by atoms with Gasteiger partial charge in [-0.25, -0.2) is 0 Å². The highest BCUT2D eigenvalue weighted by Crippen LogP contribution is 2.24. The van der Waals surface area contributed by atoms with E-state index in [1.54, 1.807) is 0 Å². The van der Waals surface area contributed by atoms with E-state index in [0.29, 0.717) is 10.0 Å². The molecular formula is C13H19Cl2NS. The van der Waals surface area contributed by atoms with E-state index in [1.807, 2.05) is 30.0 Å². The molecule has 0 radical (unpaired) electrons. The molecule has 0 atom stereocenters. The summed E-state index contributed by atoms with van der Waals surface area (Å²) in [5, 5.41) is 1.28. The van der Waals surface area contributed by atoms with Gasteiger partial charge in [-0.05, 0) is 30.8 Å². The molecule has 0 bridgehead atoms. The van der Waals surface area contributed by atoms with Gasteiger partial charge in [0.15, 0.2) is 0 Å². The third-order valence-electron chi connectivity index (χ3n) is 2.70. The van der Waals surface area contributed by atoms with Gasteiger partial charge in [-0.15, -0.1) is 0 Å². The zero-order valence-electron chi connectivity index (χ0n) is 10.4. The second kappa shape index (κ2) is 8.25. The Morgan fingerprint density at radius 2 is 1.82 bits per heavy atom. The molecule has 1 rings (SSSR count). The zero-order chi connectivity index (χ0) is 12.7. The van der Waals surface area contributed by atoms with E-state index in [9.17, 15) is 0 Å². The van der Waals surface area contributed by atoms with Crippen molar-refractivity contribution < 1.29 is 0 Å². The first-order valence-electron chi connectivity index (χ1n) is 5.91. The molecule has 0 aliphatic carbocycles. The van der Waals surface area contributed by atoms with Crippen molar-refractivity contribution >= 4 is 35.0 Å². The van der Waals surface area contributed by atoms with Crippen LogP contribution in [0, 0.1) is 0 Å². The smallest absolute Gasteiger partial charge is 0.0595 e. The van der Waals surface area contributed by atoms with E-state index in [1.165, 1.54) is 5.56 Å². The number of thioether (sulfide) groups is 1. The molecule has 0 saturated heterocycles. The number of rotatable bonds is 7. The summed E-state index contributed by atoms with van der Waals surface area (Å²) in [6.07, 6.45) is 0. The molecule has 0 aliphatic rings. The Hall–Kier alpha value is 0.110. The van der Waals surface area contributed by atoms with E-state index in [0.717, 1.165) is 31.1 Å². The van der Waals surface area contributed by atoms with Gasteiger partial charge in [0.1, 0.15) is 0 Å². The molecule has 4 heteroatoms. The summed E-state index contributed by atoms with van der Waals surface area (Å²) < 4.78 is 0. The average molecular weight is 292 g/mol. The van der Waals surface area contributed by atoms with Gasteiger partial charge >= 0.3 is 0 Å². The summed E-state index contributed by atoms with van der Waals surface area (Å²) in [5.74, 6) is 2.15. The first kappa shape index (κ1) is 15.2. The van der Waals surface area contributed by atoms with Gasteiger partial charge in [-0.1, -0.05) is 43.1 Å². The highest BCUT2D eigenvalue weighted by atomic mass is 35.5. The van der Waals surface area contributed by atoms with Gasteiger partial charge < -0.3 is 4.90 Å². The van der Waals surface area contributed by atoms with Crippen LogP contribution in [0.15, 0.2) is 18.2 Å². The van der Waals surface area contributed by atoms with E-state index < -0.39 is 0 Å². The molecule has 96 valence electrons. The van der Waals surface area contributed by atoms with Crippen LogP contribution >= 0.6 is 35.0 Å². The second-order valence-corrected chi connectivity index (χ2v) is 5.75. The summed E-state index contributed by atoms with van der Waals surface area (Å²) >= 11 is 13.8. The predicted octanol–water partition coefficient (Wildman–Crippen LogP) is 4.57. The molecular weight excluding hydrogens is 273 g/mol. The molecule has 17 heavy (non-hydrogen) atoms. The third kappa shape index (κ3) is 5.52. The first-order valence-corrected chi connectivity index (χ1v) is 7.82. The van der Waals surface area contributed by atoms with Crippen molar-refractivity contribution in [3.8, 4) is 0 Å². The van der Waals surface area contributed by atoms with Crippen LogP contribution in [0.2, 0.25) is 10.0 Å². The van der Waals surface area contributed by atoms with E-state index in [4.69, 9.17) is 23.2 Å². The Morgan fingerprint density at radius 3 is 2.41 bits per heavy atom. The van der Waals surface area contributed by atoms with Crippen LogP contribution in [0.25, 0.3) is 0 Å². The lowest BCUT2D eigenvalue weighted by Crippen LogP contribution is -2.25. The SMILES string of the molecule is CCN(CC)CCSCc1ccc(Cl)c(Cl)c1. The fourth-order valence-electron chi connectivity index (χ4n) is 1.55. The fourth-order valence-corrected chi connectivity index (χ4v) is 2.82. The standard InChI is InChI=1S/C13H19Cl2NS/c1-3-16(4-2)7-8-17-10-11-5-6-12(14)13(15)9-11/h5-6,9H,3-4,7-8,10H2,1-2H3. The van der Waals surface area contributed by atoms with Gasteiger partial charge in [-0.2, -0.15) is 11.8 Å². The van der Waals surface area contributed by atoms with Crippen LogP contribution in [0.3, 0.4) is 0 Å². The monoisotopic (exact) mass is 291 g/mol. The van der Waals surface area contributed by atoms with Gasteiger partial charge in [0.05, 0.1) is 10.0 Å². The van der Waals surface area contributed by atoms with Crippen molar-refractivity contribution in [2.75, 3.05) is 25.4 Å². The Balaban J connectivity index is 2.28. The van der Waals surface area contributed by atoms with Crippen LogP contribution in [-0.2, 0) is 5.75 Å². The molecule has 0 aromatic heterocycles. The first-order chi connectivity index (χ1) is 8.17. The van der Waals surface area contributed by atoms with Gasteiger partial charge in [0, 0.05) is 18.1 Å². The van der Waals surface area contributed by atoms with E-state index in [2.05, 4.69) is 18.7 Å². The predicted molar refractivity (Wildman–Crippen MR) is 80.4 cm³/mol. The molecule has 0 unspecified atom stereocenters. The van der Waals surface area contributed by atoms with Gasteiger partial charge in [0.2, 0.25) is 0 Å². The highest BCUT2D eigenvalue weighted by Gasteiger charge is 2.01. The van der Waals surface area contributed by atoms with Gasteiger partial charge in [-0.3, -0.25) is 0 Å². The normalized spacial score (nSPS) is 11.1. The van der Waals surface area contributed by atoms with E-state index >= 15 is 0 Å². The molecule has 0 N–H and O–H groups in total. The Bertz CT molecular complexity index is 340. The average Bonchev–Trinajstić information content (AvgIpc) is 2.34. The minimum absolute atomic E-state index is 0.628. The number of hydrogen-bond acceptors (Lipinski definition) is 2. The minimum Gasteiger partial charge on any atom is -0.303 e. The number of hydrogen-bond donors (Lipinski definition) is 0. The molecule has 1 aromatic rings. The minimum atomic E-state index is 0.628. The summed E-state index contributed by atoms with van der Waals surface area (Å²) in [5.41, 5.74) is 1.24. The molecule has 0 spiro atoms. The topological polar surface area (TPSA) is 3.24 Å². The van der Waals surface area contributed by atoms with Crippen molar-refractivity contribution in [2.45, 2.75) is 19.6 Å². The molecule has 0 amide bonds. The van der Waals surface area contributed by atoms with E-state index in [-0.39, 0.29) is 0 Å². The fraction of sp³-hybridized carbons (Fsp3) is 0.538. The molecule has 0 fully saturated rings. The summed E-state index contributed by atoms with van der Waals surface area (Å²) in [6, 6.07) is 5.86. The van der Waals surface area contributed by atoms with Crippen molar-refractivity contribution in [1.82, 2.24) is 4.90 Å². The van der Waals surface area contributed by atoms with Crippen molar-refractivity contribution in [3.05, 3.63) is 33.8 Å². The zero-order valence-corrected chi connectivity index (χ0v) is 12.7. The molecule has 1 nitrogen and oxygen atoms in total. The van der Waals surface area contributed by atoms with Crippen molar-refractivity contribution in [3.63, 3.8) is 0 Å². The third-order valence-corrected chi connectivity index (χ3v) is 4.45. The second-order valence-electron chi connectivity index (χ2n) is 3.83. The van der Waals surface area contributed by atoms with Crippen LogP contribution in [0.4, 0.5) is 0 Å². The number of benzene rings is 1. The summed E-state index contributed by atoms with van der Waals surface area (Å²) in [7, 11) is 0. The van der Waals surface area contributed by atoms with Crippen LogP contribution < -0.4 is 0 Å². The molecule has 0 saturated carbocycles. The lowest BCUT2D eigenvalue weighted by Gasteiger charge is -2.17. The lowest BCUT2D eigenvalue weighted by atomic mass is 10.2. The number of halogens is 2. The highest BCUT2D eigenvalue weighted by molar-refractivity contribution is 7.98. The van der Waals surface area contributed by atoms with Crippen LogP contribution in [0.5, 0.6) is 0 Å². The molecule has 1 aromatic carbocycles. The number of nitrogens with zero attached hydrogens (tertiary/aromatic N) is 1. The van der Waals surface area contributed by atoms with Crippen LogP contribution in [0.1, 0.15) is 19.4 Å². The van der Waals surface area contributed by atoms with Crippen LogP contribution in [-0.4, -0.2) is 30.3 Å². The van der Waals surface area contributed by atoms with Crippen molar-refractivity contribution in [2.24, 2.45) is 0 Å². The lowest BCUT2D eigenvalue weighted by molar-refractivity contribution is 0.324. The molecule has 0 heterocycles. The van der Waals surface area contributed by atoms with Gasteiger partial charge in [0.25, 0.3) is 0 Å². The summed E-state index contributed by atoms with van der Waals surface area (Å²) in [6.45, 7) is 7.81. The maximum atomic E-state index is 5.97. The maximum absolute atomic E-state index is 5.97. The quantitative estimate of drug-likeness (QED) is 0.677.